The Hall–Kier alpha value is -4.24. The Morgan fingerprint density at radius 3 is 2.39 bits per heavy atom. The summed E-state index contributed by atoms with van der Waals surface area (Å²) in [5.41, 5.74) is 1.88. The molecule has 0 unspecified atom stereocenters. The minimum absolute atomic E-state index is 0.0234. The minimum atomic E-state index is -0.775. The van der Waals surface area contributed by atoms with Gasteiger partial charge < -0.3 is 14.2 Å². The highest BCUT2D eigenvalue weighted by Crippen LogP contribution is 2.31. The van der Waals surface area contributed by atoms with Crippen molar-refractivity contribution < 1.29 is 23.8 Å². The standard InChI is InChI=1S/C27H24N2O6S/c1-5-14-34-26(32)23-16(2)28-27-29(24(23)19-8-12-21(13-9-19)35-17(3)30)25(31)22(36-27)15-18-6-10-20(33-4)11-7-18/h5-13,15,24H,1,14H2,2-4H3/b22-15-/t24-/m0/s1. The molecule has 4 rings (SSSR count). The molecule has 3 aromatic rings. The fourth-order valence-corrected chi connectivity index (χ4v) is 4.89. The van der Waals surface area contributed by atoms with Gasteiger partial charge in [-0.25, -0.2) is 9.79 Å². The maximum Gasteiger partial charge on any atom is 0.338 e. The molecule has 1 aliphatic heterocycles. The van der Waals surface area contributed by atoms with Crippen LogP contribution in [-0.4, -0.2) is 30.2 Å². The van der Waals surface area contributed by atoms with Gasteiger partial charge in [0, 0.05) is 6.92 Å². The van der Waals surface area contributed by atoms with Gasteiger partial charge in [-0.05, 0) is 48.4 Å². The number of thiazole rings is 1. The number of hydrogen-bond donors (Lipinski definition) is 0. The lowest BCUT2D eigenvalue weighted by molar-refractivity contribution is -0.138. The topological polar surface area (TPSA) is 96.2 Å². The lowest BCUT2D eigenvalue weighted by Crippen LogP contribution is -2.39. The Morgan fingerprint density at radius 2 is 1.78 bits per heavy atom. The number of methoxy groups -OCH3 is 1. The number of carbonyl (C=O) groups is 2. The van der Waals surface area contributed by atoms with Crippen LogP contribution in [0.5, 0.6) is 11.5 Å². The van der Waals surface area contributed by atoms with E-state index in [1.54, 1.807) is 44.4 Å². The zero-order chi connectivity index (χ0) is 25.8. The van der Waals surface area contributed by atoms with E-state index in [0.717, 1.165) is 5.56 Å². The molecule has 9 heteroatoms. The van der Waals surface area contributed by atoms with Gasteiger partial charge in [-0.2, -0.15) is 0 Å². The third kappa shape index (κ3) is 5.06. The van der Waals surface area contributed by atoms with Crippen molar-refractivity contribution in [1.82, 2.24) is 4.57 Å². The van der Waals surface area contributed by atoms with Crippen LogP contribution in [0, 0.1) is 0 Å². The molecular formula is C27H24N2O6S. The number of esters is 2. The van der Waals surface area contributed by atoms with Gasteiger partial charge in [-0.15, -0.1) is 0 Å². The number of ether oxygens (including phenoxy) is 3. The van der Waals surface area contributed by atoms with Crippen molar-refractivity contribution >= 4 is 29.4 Å². The van der Waals surface area contributed by atoms with E-state index in [-0.39, 0.29) is 17.7 Å². The van der Waals surface area contributed by atoms with E-state index in [0.29, 0.717) is 32.1 Å². The first kappa shape index (κ1) is 24.9. The molecule has 36 heavy (non-hydrogen) atoms. The number of nitrogens with zero attached hydrogens (tertiary/aromatic N) is 2. The molecule has 1 aliphatic rings. The lowest BCUT2D eigenvalue weighted by atomic mass is 9.96. The number of hydrogen-bond acceptors (Lipinski definition) is 8. The van der Waals surface area contributed by atoms with Gasteiger partial charge in [0.25, 0.3) is 5.56 Å². The van der Waals surface area contributed by atoms with Gasteiger partial charge in [0.2, 0.25) is 0 Å². The molecule has 0 N–H and O–H groups in total. The summed E-state index contributed by atoms with van der Waals surface area (Å²) < 4.78 is 17.6. The largest absolute Gasteiger partial charge is 0.497 e. The summed E-state index contributed by atoms with van der Waals surface area (Å²) in [5.74, 6) is 0.0344. The second-order valence-corrected chi connectivity index (χ2v) is 8.91. The highest BCUT2D eigenvalue weighted by atomic mass is 32.1. The van der Waals surface area contributed by atoms with E-state index in [4.69, 9.17) is 14.2 Å². The van der Waals surface area contributed by atoms with Gasteiger partial charge >= 0.3 is 11.9 Å². The zero-order valence-electron chi connectivity index (χ0n) is 20.0. The smallest absolute Gasteiger partial charge is 0.338 e. The molecule has 0 fully saturated rings. The van der Waals surface area contributed by atoms with Gasteiger partial charge in [0.15, 0.2) is 4.80 Å². The molecular weight excluding hydrogens is 480 g/mol. The Kier molecular flexibility index (Phi) is 7.30. The molecule has 2 heterocycles. The second-order valence-electron chi connectivity index (χ2n) is 7.90. The third-order valence-electron chi connectivity index (χ3n) is 5.44. The molecule has 1 atom stereocenters. The van der Waals surface area contributed by atoms with Crippen LogP contribution in [0.15, 0.2) is 82.2 Å². The van der Waals surface area contributed by atoms with Crippen LogP contribution in [0.1, 0.15) is 31.0 Å². The average Bonchev–Trinajstić information content (AvgIpc) is 3.16. The van der Waals surface area contributed by atoms with Crippen LogP contribution in [-0.2, 0) is 14.3 Å². The fraction of sp³-hybridized carbons (Fsp3) is 0.185. The summed E-state index contributed by atoms with van der Waals surface area (Å²) in [6.07, 6.45) is 3.25. The van der Waals surface area contributed by atoms with Crippen LogP contribution in [0.4, 0.5) is 0 Å². The van der Waals surface area contributed by atoms with Crippen molar-refractivity contribution in [2.75, 3.05) is 13.7 Å². The first-order valence-corrected chi connectivity index (χ1v) is 11.9. The van der Waals surface area contributed by atoms with E-state index >= 15 is 0 Å². The van der Waals surface area contributed by atoms with Crippen LogP contribution in [0.3, 0.4) is 0 Å². The van der Waals surface area contributed by atoms with E-state index in [1.165, 1.54) is 28.9 Å². The second kappa shape index (κ2) is 10.6. The quantitative estimate of drug-likeness (QED) is 0.279. The number of rotatable bonds is 7. The highest BCUT2D eigenvalue weighted by molar-refractivity contribution is 7.07. The van der Waals surface area contributed by atoms with Crippen LogP contribution in [0.25, 0.3) is 6.08 Å². The summed E-state index contributed by atoms with van der Waals surface area (Å²) in [5, 5.41) is 0. The van der Waals surface area contributed by atoms with E-state index in [9.17, 15) is 14.4 Å². The van der Waals surface area contributed by atoms with Gasteiger partial charge in [-0.3, -0.25) is 14.2 Å². The number of allylic oxidation sites excluding steroid dienone is 1. The molecule has 184 valence electrons. The maximum absolute atomic E-state index is 13.6. The molecule has 2 aromatic carbocycles. The lowest BCUT2D eigenvalue weighted by Gasteiger charge is -2.24. The SMILES string of the molecule is C=CCOC(=O)C1=C(C)N=c2s/c(=C\c3ccc(OC)cc3)c(=O)n2[C@H]1c1ccc(OC(C)=O)cc1. The molecule has 0 bridgehead atoms. The van der Waals surface area contributed by atoms with Crippen LogP contribution < -0.4 is 24.4 Å². The predicted molar refractivity (Wildman–Crippen MR) is 136 cm³/mol. The molecule has 0 spiro atoms. The van der Waals surface area contributed by atoms with Crippen molar-refractivity contribution in [3.63, 3.8) is 0 Å². The van der Waals surface area contributed by atoms with Crippen molar-refractivity contribution in [1.29, 1.82) is 0 Å². The van der Waals surface area contributed by atoms with Gasteiger partial charge in [0.1, 0.15) is 18.1 Å². The maximum atomic E-state index is 13.6. The van der Waals surface area contributed by atoms with Crippen LogP contribution >= 0.6 is 11.3 Å². The molecule has 0 saturated carbocycles. The molecule has 0 aliphatic carbocycles. The third-order valence-corrected chi connectivity index (χ3v) is 6.43. The molecule has 8 nitrogen and oxygen atoms in total. The van der Waals surface area contributed by atoms with Crippen LogP contribution in [0.2, 0.25) is 0 Å². The Balaban J connectivity index is 1.87. The number of carbonyl (C=O) groups excluding carboxylic acids is 2. The molecule has 1 aromatic heterocycles. The zero-order valence-corrected chi connectivity index (χ0v) is 20.8. The molecule has 0 saturated heterocycles. The predicted octanol–water partition coefficient (Wildman–Crippen LogP) is 2.90. The molecule has 0 radical (unpaired) electrons. The van der Waals surface area contributed by atoms with Crippen molar-refractivity contribution in [3.8, 4) is 11.5 Å². The summed E-state index contributed by atoms with van der Waals surface area (Å²) >= 11 is 1.24. The normalized spacial score (nSPS) is 15.1. The Bertz CT molecular complexity index is 1530. The summed E-state index contributed by atoms with van der Waals surface area (Å²) in [7, 11) is 1.59. The summed E-state index contributed by atoms with van der Waals surface area (Å²) in [6.45, 7) is 6.64. The number of fused-ring (bicyclic) bond motifs is 1. The van der Waals surface area contributed by atoms with Crippen molar-refractivity contribution in [2.24, 2.45) is 4.99 Å². The number of benzene rings is 2. The fourth-order valence-electron chi connectivity index (χ4n) is 3.85. The molecule has 0 amide bonds. The highest BCUT2D eigenvalue weighted by Gasteiger charge is 2.33. The first-order valence-electron chi connectivity index (χ1n) is 11.1. The number of aromatic nitrogens is 1. The van der Waals surface area contributed by atoms with Gasteiger partial charge in [0.05, 0.1) is 29.0 Å². The summed E-state index contributed by atoms with van der Waals surface area (Å²) in [6, 6.07) is 13.2. The van der Waals surface area contributed by atoms with E-state index < -0.39 is 18.0 Å². The van der Waals surface area contributed by atoms with Gasteiger partial charge in [-0.1, -0.05) is 48.3 Å². The Morgan fingerprint density at radius 1 is 1.11 bits per heavy atom. The van der Waals surface area contributed by atoms with Crippen molar-refractivity contribution in [3.05, 3.63) is 103 Å². The van der Waals surface area contributed by atoms with E-state index in [2.05, 4.69) is 11.6 Å². The average molecular weight is 505 g/mol. The first-order chi connectivity index (χ1) is 17.3. The van der Waals surface area contributed by atoms with E-state index in [1.807, 2.05) is 24.3 Å². The Labute approximate surface area is 211 Å². The monoisotopic (exact) mass is 504 g/mol. The summed E-state index contributed by atoms with van der Waals surface area (Å²) in [4.78, 5) is 43.0. The van der Waals surface area contributed by atoms with Crippen molar-refractivity contribution in [2.45, 2.75) is 19.9 Å². The minimum Gasteiger partial charge on any atom is -0.497 e.